The molecule has 0 aliphatic rings. The van der Waals surface area contributed by atoms with E-state index < -0.39 is 8.03 Å². The van der Waals surface area contributed by atoms with Crippen molar-refractivity contribution in [2.45, 2.75) is 32.8 Å². The highest BCUT2D eigenvalue weighted by Crippen LogP contribution is 2.29. The molecule has 0 bridgehead atoms. The summed E-state index contributed by atoms with van der Waals surface area (Å²) >= 11 is 0. The van der Waals surface area contributed by atoms with Gasteiger partial charge in [0.15, 0.2) is 6.16 Å². The first-order valence-electron chi connectivity index (χ1n) is 3.79. The molecule has 11 heavy (non-hydrogen) atoms. The maximum absolute atomic E-state index is 11.1. The van der Waals surface area contributed by atoms with E-state index in [1.54, 1.807) is 0 Å². The van der Waals surface area contributed by atoms with Crippen LogP contribution in [0.15, 0.2) is 0 Å². The van der Waals surface area contributed by atoms with E-state index in [0.717, 1.165) is 6.42 Å². The van der Waals surface area contributed by atoms with Gasteiger partial charge in [-0.1, -0.05) is 0 Å². The van der Waals surface area contributed by atoms with Gasteiger partial charge in [-0.3, -0.25) is 0 Å². The lowest BCUT2D eigenvalue weighted by atomic mass is 10.2. The second-order valence-corrected chi connectivity index (χ2v) is 4.70. The van der Waals surface area contributed by atoms with Crippen LogP contribution in [0.1, 0.15) is 27.2 Å². The average molecular weight is 178 g/mol. The van der Waals surface area contributed by atoms with Gasteiger partial charge < -0.3 is 5.73 Å². The minimum Gasteiger partial charge on any atom is -0.330 e. The zero-order valence-electron chi connectivity index (χ0n) is 7.46. The fraction of sp³-hybridized carbons (Fsp3) is 1.00. The Morgan fingerprint density at radius 3 is 2.36 bits per heavy atom. The first kappa shape index (κ1) is 11.0. The van der Waals surface area contributed by atoms with E-state index in [1.807, 2.05) is 20.8 Å². The molecule has 66 valence electrons. The molecule has 1 atom stereocenters. The summed E-state index contributed by atoms with van der Waals surface area (Å²) in [5.74, 6) is 0. The summed E-state index contributed by atoms with van der Waals surface area (Å²) in [6.07, 6.45) is 1.34. The van der Waals surface area contributed by atoms with Gasteiger partial charge in [-0.15, -0.1) is 4.52 Å². The van der Waals surface area contributed by atoms with E-state index in [9.17, 15) is 4.57 Å². The van der Waals surface area contributed by atoms with Crippen LogP contribution in [0.2, 0.25) is 0 Å². The number of rotatable bonds is 4. The van der Waals surface area contributed by atoms with Crippen molar-refractivity contribution < 1.29 is 9.09 Å². The Labute approximate surface area is 69.2 Å². The topological polar surface area (TPSA) is 52.3 Å². The SMILES string of the molecule is CC(C)(C)O[P+](=O)CCCN. The Morgan fingerprint density at radius 1 is 1.45 bits per heavy atom. The van der Waals surface area contributed by atoms with Crippen LogP contribution >= 0.6 is 8.03 Å². The molecular weight excluding hydrogens is 161 g/mol. The van der Waals surface area contributed by atoms with Crippen LogP contribution in [-0.2, 0) is 9.09 Å². The van der Waals surface area contributed by atoms with Crippen LogP contribution < -0.4 is 5.73 Å². The molecule has 0 aromatic heterocycles. The molecule has 1 unspecified atom stereocenters. The molecule has 0 radical (unpaired) electrons. The number of nitrogens with two attached hydrogens (primary N) is 1. The number of hydrogen-bond acceptors (Lipinski definition) is 3. The zero-order valence-corrected chi connectivity index (χ0v) is 8.36. The molecular formula is C7H17NO2P+. The standard InChI is InChI=1S/C7H17NO2P/c1-7(2,3)10-11(9)6-4-5-8/h4-6,8H2,1-3H3/q+1. The normalized spacial score (nSPS) is 13.3. The highest BCUT2D eigenvalue weighted by molar-refractivity contribution is 7.39. The van der Waals surface area contributed by atoms with Crippen molar-refractivity contribution in [3.63, 3.8) is 0 Å². The molecule has 0 heterocycles. The molecule has 0 aliphatic carbocycles. The van der Waals surface area contributed by atoms with Gasteiger partial charge in [-0.2, -0.15) is 0 Å². The summed E-state index contributed by atoms with van der Waals surface area (Å²) in [7, 11) is -1.50. The smallest absolute Gasteiger partial charge is 0.330 e. The van der Waals surface area contributed by atoms with E-state index in [4.69, 9.17) is 10.3 Å². The maximum Gasteiger partial charge on any atom is 0.508 e. The van der Waals surface area contributed by atoms with Crippen LogP contribution in [0.25, 0.3) is 0 Å². The van der Waals surface area contributed by atoms with Gasteiger partial charge in [0.05, 0.1) is 0 Å². The van der Waals surface area contributed by atoms with Crippen LogP contribution in [0.5, 0.6) is 0 Å². The molecule has 0 aromatic rings. The molecule has 3 nitrogen and oxygen atoms in total. The zero-order chi connectivity index (χ0) is 8.91. The minimum absolute atomic E-state index is 0.304. The first-order chi connectivity index (χ1) is 4.95. The van der Waals surface area contributed by atoms with Crippen LogP contribution in [0.3, 0.4) is 0 Å². The van der Waals surface area contributed by atoms with Gasteiger partial charge in [0.2, 0.25) is 0 Å². The van der Waals surface area contributed by atoms with Crippen molar-refractivity contribution in [3.05, 3.63) is 0 Å². The quantitative estimate of drug-likeness (QED) is 0.669. The van der Waals surface area contributed by atoms with E-state index in [-0.39, 0.29) is 5.60 Å². The second kappa shape index (κ2) is 4.81. The van der Waals surface area contributed by atoms with Gasteiger partial charge in [0.1, 0.15) is 5.60 Å². The fourth-order valence-corrected chi connectivity index (χ4v) is 1.71. The lowest BCUT2D eigenvalue weighted by Gasteiger charge is -2.08. The van der Waals surface area contributed by atoms with E-state index in [1.165, 1.54) is 0 Å². The predicted octanol–water partition coefficient (Wildman–Crippen LogP) is 1.89. The largest absolute Gasteiger partial charge is 0.508 e. The summed E-state index contributed by atoms with van der Waals surface area (Å²) in [6, 6.07) is 0. The summed E-state index contributed by atoms with van der Waals surface area (Å²) in [4.78, 5) is 0. The second-order valence-electron chi connectivity index (χ2n) is 3.40. The monoisotopic (exact) mass is 178 g/mol. The molecule has 0 amide bonds. The fourth-order valence-electron chi connectivity index (χ4n) is 0.571. The van der Waals surface area contributed by atoms with Crippen LogP contribution in [0, 0.1) is 0 Å². The molecule has 4 heteroatoms. The molecule has 0 saturated carbocycles. The highest BCUT2D eigenvalue weighted by atomic mass is 31.1. The Bertz CT molecular complexity index is 131. The summed E-state index contributed by atoms with van der Waals surface area (Å²) in [5, 5.41) is 0. The van der Waals surface area contributed by atoms with Gasteiger partial charge >= 0.3 is 8.03 Å². The lowest BCUT2D eigenvalue weighted by Crippen LogP contribution is -2.15. The lowest BCUT2D eigenvalue weighted by molar-refractivity contribution is 0.143. The molecule has 0 aliphatic heterocycles. The van der Waals surface area contributed by atoms with Gasteiger partial charge in [0, 0.05) is 6.42 Å². The van der Waals surface area contributed by atoms with E-state index >= 15 is 0 Å². The number of hydrogen-bond donors (Lipinski definition) is 1. The summed E-state index contributed by atoms with van der Waals surface area (Å²) in [6.45, 7) is 6.25. The third-order valence-electron chi connectivity index (χ3n) is 0.920. The van der Waals surface area contributed by atoms with Crippen molar-refractivity contribution in [3.8, 4) is 0 Å². The Morgan fingerprint density at radius 2 is 2.00 bits per heavy atom. The van der Waals surface area contributed by atoms with Crippen molar-refractivity contribution in [2.24, 2.45) is 5.73 Å². The van der Waals surface area contributed by atoms with Crippen molar-refractivity contribution in [2.75, 3.05) is 12.7 Å². The van der Waals surface area contributed by atoms with Gasteiger partial charge in [-0.05, 0) is 31.9 Å². The van der Waals surface area contributed by atoms with Crippen molar-refractivity contribution in [1.82, 2.24) is 0 Å². The Kier molecular flexibility index (Phi) is 4.82. The van der Waals surface area contributed by atoms with E-state index in [0.29, 0.717) is 12.7 Å². The maximum atomic E-state index is 11.1. The Balaban J connectivity index is 3.53. The molecule has 0 saturated heterocycles. The predicted molar refractivity (Wildman–Crippen MR) is 47.0 cm³/mol. The summed E-state index contributed by atoms with van der Waals surface area (Å²) in [5.41, 5.74) is 4.95. The van der Waals surface area contributed by atoms with E-state index in [2.05, 4.69) is 0 Å². The Hall–Kier alpha value is 0.0200. The van der Waals surface area contributed by atoms with Crippen LogP contribution in [-0.4, -0.2) is 18.3 Å². The van der Waals surface area contributed by atoms with Crippen LogP contribution in [0.4, 0.5) is 0 Å². The molecule has 0 spiro atoms. The third kappa shape index (κ3) is 7.92. The minimum atomic E-state index is -1.50. The third-order valence-corrected chi connectivity index (χ3v) is 2.35. The van der Waals surface area contributed by atoms with Crippen molar-refractivity contribution >= 4 is 8.03 Å². The average Bonchev–Trinajstić information content (AvgIpc) is 1.79. The first-order valence-corrected chi connectivity index (χ1v) is 5.16. The van der Waals surface area contributed by atoms with Crippen molar-refractivity contribution in [1.29, 1.82) is 0 Å². The highest BCUT2D eigenvalue weighted by Gasteiger charge is 2.26. The summed E-state index contributed by atoms with van der Waals surface area (Å²) < 4.78 is 16.3. The van der Waals surface area contributed by atoms with Gasteiger partial charge in [0.25, 0.3) is 0 Å². The van der Waals surface area contributed by atoms with Gasteiger partial charge in [-0.25, -0.2) is 0 Å². The molecule has 0 aromatic carbocycles. The molecule has 0 fully saturated rings. The molecule has 0 rings (SSSR count). The molecule has 2 N–H and O–H groups in total.